The van der Waals surface area contributed by atoms with Crippen LogP contribution in [0, 0.1) is 0 Å². The highest BCUT2D eigenvalue weighted by atomic mass is 32.2. The number of amides is 1. The van der Waals surface area contributed by atoms with E-state index in [0.717, 1.165) is 6.07 Å². The fraction of sp³-hybridized carbons (Fsp3) is 0.115. The molecule has 0 radical (unpaired) electrons. The van der Waals surface area contributed by atoms with Crippen molar-refractivity contribution < 1.29 is 37.1 Å². The lowest BCUT2D eigenvalue weighted by atomic mass is 10.1. The molecule has 38 heavy (non-hydrogen) atoms. The van der Waals surface area contributed by atoms with E-state index in [9.17, 15) is 22.9 Å². The van der Waals surface area contributed by atoms with Crippen molar-refractivity contribution in [1.29, 1.82) is 0 Å². The van der Waals surface area contributed by atoms with E-state index < -0.39 is 32.4 Å². The van der Waals surface area contributed by atoms with Gasteiger partial charge >= 0.3 is 0 Å². The van der Waals surface area contributed by atoms with E-state index in [1.165, 1.54) is 39.5 Å². The number of phenols is 1. The smallest absolute Gasteiger partial charge is 0.296 e. The van der Waals surface area contributed by atoms with Crippen LogP contribution in [0.1, 0.15) is 10.4 Å². The van der Waals surface area contributed by atoms with Gasteiger partial charge in [0.1, 0.15) is 33.4 Å². The molecule has 0 saturated heterocycles. The van der Waals surface area contributed by atoms with Gasteiger partial charge in [-0.1, -0.05) is 6.07 Å². The van der Waals surface area contributed by atoms with Crippen molar-refractivity contribution in [2.45, 2.75) is 4.90 Å². The molecule has 196 valence electrons. The zero-order valence-electron chi connectivity index (χ0n) is 20.5. The van der Waals surface area contributed by atoms with Crippen molar-refractivity contribution in [3.63, 3.8) is 0 Å². The van der Waals surface area contributed by atoms with Gasteiger partial charge in [-0.3, -0.25) is 9.35 Å². The number of methoxy groups -OCH3 is 3. The van der Waals surface area contributed by atoms with Crippen molar-refractivity contribution in [3.8, 4) is 23.0 Å². The molecule has 0 aliphatic carbocycles. The molecule has 0 aromatic heterocycles. The monoisotopic (exact) mass is 537 g/mol. The summed E-state index contributed by atoms with van der Waals surface area (Å²) < 4.78 is 49.8. The number of nitrogens with one attached hydrogen (secondary N) is 1. The molecule has 1 amide bonds. The number of hydrogen-bond donors (Lipinski definition) is 3. The summed E-state index contributed by atoms with van der Waals surface area (Å²) in [6.07, 6.45) is 0. The van der Waals surface area contributed by atoms with Gasteiger partial charge in [0, 0.05) is 11.1 Å². The maximum absolute atomic E-state index is 13.0. The molecule has 0 heterocycles. The Hall–Kier alpha value is -4.68. The number of nitrogens with zero attached hydrogens (tertiary/aromatic N) is 2. The summed E-state index contributed by atoms with van der Waals surface area (Å²) in [6, 6.07) is 16.9. The van der Waals surface area contributed by atoms with Crippen LogP contribution < -0.4 is 19.5 Å². The van der Waals surface area contributed by atoms with Gasteiger partial charge < -0.3 is 24.6 Å². The topological polar surface area (TPSA) is 156 Å². The predicted molar refractivity (Wildman–Crippen MR) is 140 cm³/mol. The second-order valence-electron chi connectivity index (χ2n) is 7.87. The van der Waals surface area contributed by atoms with Gasteiger partial charge in [0.15, 0.2) is 5.75 Å². The summed E-state index contributed by atoms with van der Waals surface area (Å²) in [5, 5.41) is 21.9. The van der Waals surface area contributed by atoms with Crippen molar-refractivity contribution in [2.24, 2.45) is 10.2 Å². The van der Waals surface area contributed by atoms with Crippen molar-refractivity contribution >= 4 is 43.9 Å². The molecule has 3 N–H and O–H groups in total. The average molecular weight is 538 g/mol. The minimum absolute atomic E-state index is 0.161. The molecule has 12 heteroatoms. The fourth-order valence-corrected chi connectivity index (χ4v) is 4.41. The molecular formula is C26H23N3O8S. The van der Waals surface area contributed by atoms with Crippen molar-refractivity contribution in [1.82, 2.24) is 0 Å². The second-order valence-corrected chi connectivity index (χ2v) is 9.26. The van der Waals surface area contributed by atoms with Gasteiger partial charge in [-0.05, 0) is 66.0 Å². The van der Waals surface area contributed by atoms with Crippen molar-refractivity contribution in [2.75, 3.05) is 26.6 Å². The largest absolute Gasteiger partial charge is 0.505 e. The van der Waals surface area contributed by atoms with Gasteiger partial charge in [0.2, 0.25) is 0 Å². The van der Waals surface area contributed by atoms with E-state index in [4.69, 9.17) is 14.2 Å². The maximum Gasteiger partial charge on any atom is 0.296 e. The fourth-order valence-electron chi connectivity index (χ4n) is 3.75. The van der Waals surface area contributed by atoms with E-state index in [2.05, 4.69) is 15.5 Å². The third-order valence-electron chi connectivity index (χ3n) is 5.58. The number of phenolic OH excluding ortho intramolecular Hbond substituents is 1. The lowest BCUT2D eigenvalue weighted by molar-refractivity contribution is 0.102. The van der Waals surface area contributed by atoms with Crippen LogP contribution in [0.4, 0.5) is 17.1 Å². The zero-order valence-corrected chi connectivity index (χ0v) is 21.3. The van der Waals surface area contributed by atoms with Crippen LogP contribution >= 0.6 is 0 Å². The standard InChI is InChI=1S/C26H23N3O8S/c1-35-18-10-7-16(8-11-18)28-29-24-22(38(32,33)34)14-15-13-17(9-12-19(15)25(24)30)27-26(31)23-20(36-2)5-4-6-21(23)37-3/h4-14,30H,1-3H3,(H,27,31)(H,32,33,34). The Labute approximate surface area is 218 Å². The van der Waals surface area contributed by atoms with Gasteiger partial charge in [0.25, 0.3) is 16.0 Å². The molecule has 0 aliphatic rings. The Morgan fingerprint density at radius 1 is 0.868 bits per heavy atom. The van der Waals surface area contributed by atoms with Gasteiger partial charge in [-0.2, -0.15) is 13.5 Å². The maximum atomic E-state index is 13.0. The van der Waals surface area contributed by atoms with E-state index in [-0.39, 0.29) is 22.0 Å². The Morgan fingerprint density at radius 3 is 2.11 bits per heavy atom. The van der Waals surface area contributed by atoms with Gasteiger partial charge in [-0.25, -0.2) is 0 Å². The van der Waals surface area contributed by atoms with Crippen LogP contribution in [0.5, 0.6) is 23.0 Å². The number of carbonyl (C=O) groups is 1. The summed E-state index contributed by atoms with van der Waals surface area (Å²) in [6.45, 7) is 0. The first-order valence-corrected chi connectivity index (χ1v) is 12.5. The molecule has 0 unspecified atom stereocenters. The van der Waals surface area contributed by atoms with E-state index in [1.807, 2.05) is 0 Å². The molecular weight excluding hydrogens is 514 g/mol. The van der Waals surface area contributed by atoms with E-state index >= 15 is 0 Å². The van der Waals surface area contributed by atoms with Crippen LogP contribution in [-0.4, -0.2) is 45.3 Å². The molecule has 11 nitrogen and oxygen atoms in total. The van der Waals surface area contributed by atoms with Crippen LogP contribution in [0.15, 0.2) is 81.9 Å². The molecule has 0 spiro atoms. The Morgan fingerprint density at radius 2 is 1.53 bits per heavy atom. The molecule has 4 aromatic rings. The first-order valence-electron chi connectivity index (χ1n) is 11.0. The van der Waals surface area contributed by atoms with Crippen LogP contribution in [0.2, 0.25) is 0 Å². The Balaban J connectivity index is 1.75. The predicted octanol–water partition coefficient (Wildman–Crippen LogP) is 5.49. The number of hydrogen-bond acceptors (Lipinski definition) is 9. The molecule has 0 fully saturated rings. The molecule has 0 aliphatic heterocycles. The highest BCUT2D eigenvalue weighted by Gasteiger charge is 2.23. The van der Waals surface area contributed by atoms with Crippen LogP contribution in [-0.2, 0) is 10.1 Å². The van der Waals surface area contributed by atoms with Crippen LogP contribution in [0.3, 0.4) is 0 Å². The highest BCUT2D eigenvalue weighted by molar-refractivity contribution is 7.86. The quantitative estimate of drug-likeness (QED) is 0.197. The summed E-state index contributed by atoms with van der Waals surface area (Å²) in [7, 11) is -0.463. The van der Waals surface area contributed by atoms with Gasteiger partial charge in [-0.15, -0.1) is 5.11 Å². The highest BCUT2D eigenvalue weighted by Crippen LogP contribution is 2.42. The SMILES string of the molecule is COc1ccc(N=Nc2c(S(=O)(=O)O)cc3cc(NC(=O)c4c(OC)cccc4OC)ccc3c2O)cc1. The van der Waals surface area contributed by atoms with Crippen LogP contribution in [0.25, 0.3) is 10.8 Å². The second kappa shape index (κ2) is 10.7. The number of benzene rings is 4. The number of anilines is 1. The molecule has 0 bridgehead atoms. The number of fused-ring (bicyclic) bond motifs is 1. The minimum atomic E-state index is -4.81. The third-order valence-corrected chi connectivity index (χ3v) is 6.45. The molecule has 4 rings (SSSR count). The lowest BCUT2D eigenvalue weighted by Gasteiger charge is -2.14. The number of ether oxygens (including phenoxy) is 3. The normalized spacial score (nSPS) is 11.5. The first kappa shape index (κ1) is 26.4. The number of azo groups is 1. The zero-order chi connectivity index (χ0) is 27.4. The summed E-state index contributed by atoms with van der Waals surface area (Å²) in [5.41, 5.74) is 0.361. The van der Waals surface area contributed by atoms with Gasteiger partial charge in [0.05, 0.1) is 27.0 Å². The number of rotatable bonds is 8. The summed E-state index contributed by atoms with van der Waals surface area (Å²) in [5.74, 6) is 0.115. The third kappa shape index (κ3) is 5.36. The molecule has 4 aromatic carbocycles. The average Bonchev–Trinajstić information content (AvgIpc) is 2.91. The Kier molecular flexibility index (Phi) is 7.46. The number of carbonyl (C=O) groups excluding carboxylic acids is 1. The van der Waals surface area contributed by atoms with E-state index in [0.29, 0.717) is 22.9 Å². The molecule has 0 saturated carbocycles. The van der Waals surface area contributed by atoms with Crippen molar-refractivity contribution in [3.05, 3.63) is 72.3 Å². The Bertz CT molecular complexity index is 1630. The first-order chi connectivity index (χ1) is 18.2. The summed E-state index contributed by atoms with van der Waals surface area (Å²) in [4.78, 5) is 12.4. The summed E-state index contributed by atoms with van der Waals surface area (Å²) >= 11 is 0. The lowest BCUT2D eigenvalue weighted by Crippen LogP contribution is -2.14. The number of aromatic hydroxyl groups is 1. The minimum Gasteiger partial charge on any atom is -0.505 e. The molecule has 0 atom stereocenters. The van der Waals surface area contributed by atoms with E-state index in [1.54, 1.807) is 42.5 Å².